The summed E-state index contributed by atoms with van der Waals surface area (Å²) in [6.07, 6.45) is -2.93. The van der Waals surface area contributed by atoms with Crippen molar-refractivity contribution in [2.75, 3.05) is 0 Å². The van der Waals surface area contributed by atoms with Crippen LogP contribution in [0.2, 0.25) is 0 Å². The standard InChI is InChI=1S/C11H7Cl2F3O2/c12-11(13)7(8(11)10(17)18)4-1-2-5(9(15)16)6(14)3-4/h1-3,7-9H,(H,17,18)/t7-,8+/m1/s1. The Balaban J connectivity index is 2.32. The third-order valence-corrected chi connectivity index (χ3v) is 3.88. The van der Waals surface area contributed by atoms with Crippen LogP contribution in [0.5, 0.6) is 0 Å². The lowest BCUT2D eigenvalue weighted by atomic mass is 10.1. The molecule has 1 saturated carbocycles. The normalized spacial score (nSPS) is 25.2. The van der Waals surface area contributed by atoms with Crippen LogP contribution in [-0.4, -0.2) is 15.4 Å². The summed E-state index contributed by atoms with van der Waals surface area (Å²) >= 11 is 11.5. The number of hydrogen-bond acceptors (Lipinski definition) is 1. The summed E-state index contributed by atoms with van der Waals surface area (Å²) in [7, 11) is 0. The van der Waals surface area contributed by atoms with E-state index in [0.29, 0.717) is 0 Å². The maximum Gasteiger partial charge on any atom is 0.310 e. The fourth-order valence-electron chi connectivity index (χ4n) is 1.96. The van der Waals surface area contributed by atoms with Crippen LogP contribution in [0.25, 0.3) is 0 Å². The van der Waals surface area contributed by atoms with Gasteiger partial charge < -0.3 is 5.11 Å². The first-order valence-electron chi connectivity index (χ1n) is 4.95. The molecule has 0 bridgehead atoms. The molecule has 1 aliphatic rings. The average molecular weight is 299 g/mol. The van der Waals surface area contributed by atoms with Crippen LogP contribution in [0.4, 0.5) is 13.2 Å². The van der Waals surface area contributed by atoms with Gasteiger partial charge in [0.2, 0.25) is 0 Å². The van der Waals surface area contributed by atoms with Crippen molar-refractivity contribution in [1.82, 2.24) is 0 Å². The highest BCUT2D eigenvalue weighted by atomic mass is 35.5. The van der Waals surface area contributed by atoms with Gasteiger partial charge in [0.1, 0.15) is 10.2 Å². The number of aliphatic carboxylic acids is 1. The fourth-order valence-corrected chi connectivity index (χ4v) is 2.78. The zero-order valence-electron chi connectivity index (χ0n) is 8.71. The van der Waals surface area contributed by atoms with Crippen molar-refractivity contribution in [3.8, 4) is 0 Å². The van der Waals surface area contributed by atoms with Crippen LogP contribution in [-0.2, 0) is 4.79 Å². The van der Waals surface area contributed by atoms with E-state index in [-0.39, 0.29) is 5.56 Å². The first kappa shape index (κ1) is 13.5. The Bertz CT molecular complexity index is 505. The number of alkyl halides is 4. The van der Waals surface area contributed by atoms with Crippen LogP contribution in [0.15, 0.2) is 18.2 Å². The molecule has 0 aliphatic heterocycles. The SMILES string of the molecule is O=C(O)[C@@H]1[C@@H](c2ccc(C(F)F)c(F)c2)C1(Cl)Cl. The van der Waals surface area contributed by atoms with Gasteiger partial charge in [0.25, 0.3) is 6.43 Å². The topological polar surface area (TPSA) is 37.3 Å². The number of carboxylic acids is 1. The largest absolute Gasteiger partial charge is 0.481 e. The predicted molar refractivity (Wildman–Crippen MR) is 59.7 cm³/mol. The van der Waals surface area contributed by atoms with Gasteiger partial charge in [0, 0.05) is 5.92 Å². The molecule has 0 unspecified atom stereocenters. The molecule has 18 heavy (non-hydrogen) atoms. The van der Waals surface area contributed by atoms with E-state index in [1.165, 1.54) is 6.07 Å². The summed E-state index contributed by atoms with van der Waals surface area (Å²) < 4.78 is 36.5. The van der Waals surface area contributed by atoms with Crippen LogP contribution in [0, 0.1) is 11.7 Å². The Morgan fingerprint density at radius 1 is 1.39 bits per heavy atom. The van der Waals surface area contributed by atoms with Crippen LogP contribution < -0.4 is 0 Å². The van der Waals surface area contributed by atoms with Gasteiger partial charge in [-0.1, -0.05) is 35.3 Å². The summed E-state index contributed by atoms with van der Waals surface area (Å²) in [5.74, 6) is -4.15. The van der Waals surface area contributed by atoms with E-state index in [2.05, 4.69) is 0 Å². The highest BCUT2D eigenvalue weighted by molar-refractivity contribution is 6.53. The van der Waals surface area contributed by atoms with Crippen molar-refractivity contribution in [3.05, 3.63) is 35.1 Å². The first-order valence-corrected chi connectivity index (χ1v) is 5.70. The Morgan fingerprint density at radius 3 is 2.39 bits per heavy atom. The summed E-state index contributed by atoms with van der Waals surface area (Å²) in [5.41, 5.74) is -0.532. The van der Waals surface area contributed by atoms with E-state index in [4.69, 9.17) is 28.3 Å². The van der Waals surface area contributed by atoms with Crippen molar-refractivity contribution in [3.63, 3.8) is 0 Å². The molecule has 0 heterocycles. The maximum absolute atomic E-state index is 13.4. The van der Waals surface area contributed by atoms with E-state index in [9.17, 15) is 18.0 Å². The molecule has 98 valence electrons. The second-order valence-corrected chi connectivity index (χ2v) is 5.49. The van der Waals surface area contributed by atoms with Crippen molar-refractivity contribution in [2.24, 2.45) is 5.92 Å². The quantitative estimate of drug-likeness (QED) is 0.863. The van der Waals surface area contributed by atoms with E-state index in [0.717, 1.165) is 12.1 Å². The lowest BCUT2D eigenvalue weighted by Gasteiger charge is -2.05. The molecule has 2 rings (SSSR count). The number of halogens is 5. The highest BCUT2D eigenvalue weighted by Gasteiger charge is 2.68. The summed E-state index contributed by atoms with van der Waals surface area (Å²) in [4.78, 5) is 10.8. The number of rotatable bonds is 3. The van der Waals surface area contributed by atoms with Gasteiger partial charge >= 0.3 is 5.97 Å². The monoisotopic (exact) mass is 298 g/mol. The third kappa shape index (κ3) is 2.06. The maximum atomic E-state index is 13.4. The Kier molecular flexibility index (Phi) is 3.23. The van der Waals surface area contributed by atoms with Gasteiger partial charge in [0.05, 0.1) is 11.5 Å². The molecule has 2 atom stereocenters. The van der Waals surface area contributed by atoms with Gasteiger partial charge in [-0.25, -0.2) is 13.2 Å². The van der Waals surface area contributed by atoms with Crippen LogP contribution in [0.1, 0.15) is 23.5 Å². The minimum absolute atomic E-state index is 0.203. The van der Waals surface area contributed by atoms with E-state index < -0.39 is 39.9 Å². The molecule has 0 radical (unpaired) electrons. The zero-order valence-corrected chi connectivity index (χ0v) is 10.2. The Morgan fingerprint density at radius 2 is 2.00 bits per heavy atom. The average Bonchev–Trinajstić information content (AvgIpc) is 2.81. The van der Waals surface area contributed by atoms with E-state index in [1.807, 2.05) is 0 Å². The van der Waals surface area contributed by atoms with Crippen LogP contribution >= 0.6 is 23.2 Å². The Hall–Kier alpha value is -0.940. The van der Waals surface area contributed by atoms with Crippen molar-refractivity contribution >= 4 is 29.2 Å². The van der Waals surface area contributed by atoms with Crippen LogP contribution in [0.3, 0.4) is 0 Å². The van der Waals surface area contributed by atoms with E-state index >= 15 is 0 Å². The predicted octanol–water partition coefficient (Wildman–Crippen LogP) is 3.74. The second kappa shape index (κ2) is 4.31. The Labute approximate surface area is 110 Å². The lowest BCUT2D eigenvalue weighted by Crippen LogP contribution is -2.03. The van der Waals surface area contributed by atoms with Gasteiger partial charge in [-0.3, -0.25) is 4.79 Å². The summed E-state index contributed by atoms with van der Waals surface area (Å²) in [5, 5.41) is 8.85. The molecular formula is C11H7Cl2F3O2. The molecule has 1 N–H and O–H groups in total. The molecule has 0 aromatic heterocycles. The summed E-state index contributed by atoms with van der Waals surface area (Å²) in [6, 6.07) is 2.99. The molecule has 1 aromatic rings. The smallest absolute Gasteiger partial charge is 0.310 e. The third-order valence-electron chi connectivity index (χ3n) is 2.94. The molecule has 0 saturated heterocycles. The van der Waals surface area contributed by atoms with Gasteiger partial charge in [-0.2, -0.15) is 0 Å². The van der Waals surface area contributed by atoms with Crippen molar-refractivity contribution in [1.29, 1.82) is 0 Å². The van der Waals surface area contributed by atoms with Crippen molar-refractivity contribution in [2.45, 2.75) is 16.7 Å². The van der Waals surface area contributed by atoms with Gasteiger partial charge in [-0.05, 0) is 11.6 Å². The number of carbonyl (C=O) groups is 1. The number of carboxylic acid groups (broad SMARTS) is 1. The minimum Gasteiger partial charge on any atom is -0.481 e. The first-order chi connectivity index (χ1) is 8.26. The molecular weight excluding hydrogens is 292 g/mol. The van der Waals surface area contributed by atoms with Crippen molar-refractivity contribution < 1.29 is 23.1 Å². The summed E-state index contributed by atoms with van der Waals surface area (Å²) in [6.45, 7) is 0. The number of hydrogen-bond donors (Lipinski definition) is 1. The van der Waals surface area contributed by atoms with Gasteiger partial charge in [-0.15, -0.1) is 0 Å². The van der Waals surface area contributed by atoms with E-state index in [1.54, 1.807) is 0 Å². The molecule has 2 nitrogen and oxygen atoms in total. The molecule has 7 heteroatoms. The number of benzene rings is 1. The zero-order chi connectivity index (χ0) is 13.7. The lowest BCUT2D eigenvalue weighted by molar-refractivity contribution is -0.138. The molecule has 0 spiro atoms. The van der Waals surface area contributed by atoms with Gasteiger partial charge in [0.15, 0.2) is 0 Å². The fraction of sp³-hybridized carbons (Fsp3) is 0.364. The molecule has 1 aliphatic carbocycles. The highest BCUT2D eigenvalue weighted by Crippen LogP contribution is 2.65. The minimum atomic E-state index is -2.93. The molecule has 1 aromatic carbocycles. The second-order valence-electron chi connectivity index (χ2n) is 4.05. The molecule has 0 amide bonds. The molecule has 1 fully saturated rings.